The van der Waals surface area contributed by atoms with Crippen molar-refractivity contribution in [2.75, 3.05) is 12.9 Å². The summed E-state index contributed by atoms with van der Waals surface area (Å²) in [4.78, 5) is 15.0. The van der Waals surface area contributed by atoms with Gasteiger partial charge in [0.25, 0.3) is 0 Å². The molecule has 19 heavy (non-hydrogen) atoms. The largest absolute Gasteiger partial charge is 0.469 e. The number of nitrogens with one attached hydrogen (secondary N) is 1. The molecule has 0 aromatic carbocycles. The SMILES string of the molecule is COC(=O)CCCS(=O)(=O)NCc1ncccc1C. The number of hydrogen-bond acceptors (Lipinski definition) is 5. The minimum absolute atomic E-state index is 0.0972. The fourth-order valence-electron chi connectivity index (χ4n) is 1.46. The summed E-state index contributed by atoms with van der Waals surface area (Å²) in [7, 11) is -2.12. The van der Waals surface area contributed by atoms with Crippen LogP contribution in [0.3, 0.4) is 0 Å². The van der Waals surface area contributed by atoms with Crippen LogP contribution in [-0.4, -0.2) is 32.2 Å². The van der Waals surface area contributed by atoms with Crippen molar-refractivity contribution < 1.29 is 17.9 Å². The summed E-state index contributed by atoms with van der Waals surface area (Å²) >= 11 is 0. The molecule has 7 heteroatoms. The molecule has 1 aromatic rings. The molecule has 0 spiro atoms. The summed E-state index contributed by atoms with van der Waals surface area (Å²) in [5, 5.41) is 0. The van der Waals surface area contributed by atoms with Gasteiger partial charge in [-0.1, -0.05) is 6.07 Å². The van der Waals surface area contributed by atoms with E-state index < -0.39 is 16.0 Å². The second kappa shape index (κ2) is 7.20. The highest BCUT2D eigenvalue weighted by Gasteiger charge is 2.12. The van der Waals surface area contributed by atoms with Gasteiger partial charge < -0.3 is 4.74 Å². The van der Waals surface area contributed by atoms with E-state index >= 15 is 0 Å². The van der Waals surface area contributed by atoms with Crippen LogP contribution < -0.4 is 4.72 Å². The predicted molar refractivity (Wildman–Crippen MR) is 70.9 cm³/mol. The van der Waals surface area contributed by atoms with E-state index in [1.54, 1.807) is 12.3 Å². The molecule has 1 aromatic heterocycles. The van der Waals surface area contributed by atoms with Crippen LogP contribution in [0.5, 0.6) is 0 Å². The quantitative estimate of drug-likeness (QED) is 0.748. The van der Waals surface area contributed by atoms with Crippen LogP contribution in [-0.2, 0) is 26.1 Å². The first-order valence-corrected chi connectivity index (χ1v) is 7.54. The standard InChI is InChI=1S/C12H18N2O4S/c1-10-5-3-7-13-11(10)9-14-19(16,17)8-4-6-12(15)18-2/h3,5,7,14H,4,6,8-9H2,1-2H3. The number of ether oxygens (including phenoxy) is 1. The van der Waals surface area contributed by atoms with Gasteiger partial charge in [0.05, 0.1) is 25.1 Å². The first-order valence-electron chi connectivity index (χ1n) is 5.89. The van der Waals surface area contributed by atoms with Gasteiger partial charge in [0.15, 0.2) is 0 Å². The summed E-state index contributed by atoms with van der Waals surface area (Å²) in [6.07, 6.45) is 1.96. The Labute approximate surface area is 113 Å². The van der Waals surface area contributed by atoms with Crippen LogP contribution in [0, 0.1) is 6.92 Å². The predicted octanol–water partition coefficient (Wildman–Crippen LogP) is 0.763. The third kappa shape index (κ3) is 5.80. The summed E-state index contributed by atoms with van der Waals surface area (Å²) in [5.41, 5.74) is 1.62. The molecule has 0 atom stereocenters. The average Bonchev–Trinajstić information content (AvgIpc) is 2.37. The zero-order valence-electron chi connectivity index (χ0n) is 11.0. The monoisotopic (exact) mass is 286 g/mol. The second-order valence-electron chi connectivity index (χ2n) is 4.09. The molecule has 0 unspecified atom stereocenters. The summed E-state index contributed by atoms with van der Waals surface area (Å²) in [6, 6.07) is 3.66. The number of pyridine rings is 1. The number of sulfonamides is 1. The van der Waals surface area contributed by atoms with Gasteiger partial charge in [0.2, 0.25) is 10.0 Å². The van der Waals surface area contributed by atoms with Crippen molar-refractivity contribution in [2.24, 2.45) is 0 Å². The first-order chi connectivity index (χ1) is 8.94. The van der Waals surface area contributed by atoms with Crippen molar-refractivity contribution in [2.45, 2.75) is 26.3 Å². The smallest absolute Gasteiger partial charge is 0.305 e. The molecule has 1 rings (SSSR count). The molecule has 0 aliphatic heterocycles. The molecular weight excluding hydrogens is 268 g/mol. The lowest BCUT2D eigenvalue weighted by Gasteiger charge is -2.07. The second-order valence-corrected chi connectivity index (χ2v) is 6.01. The fraction of sp³-hybridized carbons (Fsp3) is 0.500. The summed E-state index contributed by atoms with van der Waals surface area (Å²) < 4.78 is 30.3. The van der Waals surface area contributed by atoms with Gasteiger partial charge in [-0.05, 0) is 25.0 Å². The van der Waals surface area contributed by atoms with Crippen molar-refractivity contribution in [1.29, 1.82) is 0 Å². The van der Waals surface area contributed by atoms with Gasteiger partial charge in [-0.25, -0.2) is 13.1 Å². The molecule has 0 bridgehead atoms. The molecule has 0 aliphatic rings. The highest BCUT2D eigenvalue weighted by molar-refractivity contribution is 7.89. The van der Waals surface area contributed by atoms with E-state index in [-0.39, 0.29) is 25.1 Å². The van der Waals surface area contributed by atoms with E-state index in [2.05, 4.69) is 14.4 Å². The maximum absolute atomic E-state index is 11.7. The van der Waals surface area contributed by atoms with E-state index in [0.29, 0.717) is 5.69 Å². The maximum atomic E-state index is 11.7. The molecule has 1 heterocycles. The summed E-state index contributed by atoms with van der Waals surface area (Å²) in [5.74, 6) is -0.510. The van der Waals surface area contributed by atoms with Gasteiger partial charge in [0, 0.05) is 12.6 Å². The van der Waals surface area contributed by atoms with Crippen LogP contribution in [0.4, 0.5) is 0 Å². The van der Waals surface area contributed by atoms with Crippen LogP contribution in [0.1, 0.15) is 24.1 Å². The van der Waals surface area contributed by atoms with E-state index in [1.807, 2.05) is 13.0 Å². The number of aromatic nitrogens is 1. The van der Waals surface area contributed by atoms with Crippen LogP contribution in [0.25, 0.3) is 0 Å². The third-order valence-electron chi connectivity index (χ3n) is 2.60. The van der Waals surface area contributed by atoms with Crippen molar-refractivity contribution >= 4 is 16.0 Å². The maximum Gasteiger partial charge on any atom is 0.305 e. The zero-order chi connectivity index (χ0) is 14.3. The lowest BCUT2D eigenvalue weighted by molar-refractivity contribution is -0.140. The Kier molecular flexibility index (Phi) is 5.91. The fourth-order valence-corrected chi connectivity index (χ4v) is 2.49. The number of rotatable bonds is 7. The molecule has 1 N–H and O–H groups in total. The molecule has 0 saturated carbocycles. The van der Waals surface area contributed by atoms with Crippen molar-refractivity contribution in [3.63, 3.8) is 0 Å². The van der Waals surface area contributed by atoms with Crippen LogP contribution in [0.2, 0.25) is 0 Å². The summed E-state index contributed by atoms with van der Waals surface area (Å²) in [6.45, 7) is 2.03. The van der Waals surface area contributed by atoms with Crippen LogP contribution in [0.15, 0.2) is 18.3 Å². The number of aryl methyl sites for hydroxylation is 1. The molecular formula is C12H18N2O4S. The lowest BCUT2D eigenvalue weighted by Crippen LogP contribution is -2.27. The Morgan fingerprint density at radius 3 is 2.84 bits per heavy atom. The topological polar surface area (TPSA) is 85.4 Å². The van der Waals surface area contributed by atoms with E-state index in [0.717, 1.165) is 5.56 Å². The van der Waals surface area contributed by atoms with Crippen molar-refractivity contribution in [1.82, 2.24) is 9.71 Å². The van der Waals surface area contributed by atoms with Crippen molar-refractivity contribution in [3.8, 4) is 0 Å². The van der Waals surface area contributed by atoms with E-state index in [4.69, 9.17) is 0 Å². The van der Waals surface area contributed by atoms with E-state index in [9.17, 15) is 13.2 Å². The molecule has 6 nitrogen and oxygen atoms in total. The minimum atomic E-state index is -3.40. The highest BCUT2D eigenvalue weighted by atomic mass is 32.2. The molecule has 0 radical (unpaired) electrons. The number of hydrogen-bond donors (Lipinski definition) is 1. The Hall–Kier alpha value is -1.47. The minimum Gasteiger partial charge on any atom is -0.469 e. The van der Waals surface area contributed by atoms with E-state index in [1.165, 1.54) is 7.11 Å². The highest BCUT2D eigenvalue weighted by Crippen LogP contribution is 2.04. The third-order valence-corrected chi connectivity index (χ3v) is 4.01. The number of methoxy groups -OCH3 is 1. The van der Waals surface area contributed by atoms with Gasteiger partial charge in [0.1, 0.15) is 0 Å². The molecule has 0 aliphatic carbocycles. The number of esters is 1. The molecule has 0 amide bonds. The normalized spacial score (nSPS) is 11.3. The van der Waals surface area contributed by atoms with Gasteiger partial charge in [-0.3, -0.25) is 9.78 Å². The Morgan fingerprint density at radius 2 is 2.21 bits per heavy atom. The molecule has 0 fully saturated rings. The van der Waals surface area contributed by atoms with Gasteiger partial charge in [-0.2, -0.15) is 0 Å². The van der Waals surface area contributed by atoms with Gasteiger partial charge in [-0.15, -0.1) is 0 Å². The number of nitrogens with zero attached hydrogens (tertiary/aromatic N) is 1. The van der Waals surface area contributed by atoms with Gasteiger partial charge >= 0.3 is 5.97 Å². The Bertz CT molecular complexity index is 528. The lowest BCUT2D eigenvalue weighted by atomic mass is 10.2. The Morgan fingerprint density at radius 1 is 1.47 bits per heavy atom. The van der Waals surface area contributed by atoms with Crippen LogP contribution >= 0.6 is 0 Å². The zero-order valence-corrected chi connectivity index (χ0v) is 11.9. The molecule has 106 valence electrons. The number of carbonyl (C=O) groups is 1. The molecule has 0 saturated heterocycles. The Balaban J connectivity index is 2.43. The van der Waals surface area contributed by atoms with Crippen molar-refractivity contribution in [3.05, 3.63) is 29.6 Å². The number of carbonyl (C=O) groups excluding carboxylic acids is 1. The average molecular weight is 286 g/mol. The first kappa shape index (κ1) is 15.6.